The Labute approximate surface area is 146 Å². The number of nitrogens with zero attached hydrogens (tertiary/aromatic N) is 2. The molecule has 0 radical (unpaired) electrons. The van der Waals surface area contributed by atoms with Gasteiger partial charge in [-0.3, -0.25) is 0 Å². The zero-order valence-electron chi connectivity index (χ0n) is 11.8. The second kappa shape index (κ2) is 5.96. The van der Waals surface area contributed by atoms with E-state index in [-0.39, 0.29) is 0 Å². The molecule has 0 bridgehead atoms. The van der Waals surface area contributed by atoms with Crippen molar-refractivity contribution in [2.45, 2.75) is 38.1 Å². The Hall–Kier alpha value is -0.470. The van der Waals surface area contributed by atoms with Crippen molar-refractivity contribution in [3.63, 3.8) is 0 Å². The highest BCUT2D eigenvalue weighted by Gasteiger charge is 2.37. The molecule has 1 aliphatic rings. The van der Waals surface area contributed by atoms with E-state index in [1.54, 1.807) is 0 Å². The van der Waals surface area contributed by atoms with E-state index in [4.69, 9.17) is 10.3 Å². The van der Waals surface area contributed by atoms with Gasteiger partial charge >= 0.3 is 0 Å². The monoisotopic (exact) mass is 461 g/mol. The van der Waals surface area contributed by atoms with Crippen LogP contribution in [0.1, 0.15) is 38.4 Å². The topological polar surface area (TPSA) is 64.9 Å². The van der Waals surface area contributed by atoms with E-state index >= 15 is 0 Å². The fourth-order valence-electron chi connectivity index (χ4n) is 2.99. The second-order valence-corrected chi connectivity index (χ2v) is 8.00. The third-order valence-electron chi connectivity index (χ3n) is 4.06. The molecule has 2 aromatic rings. The predicted molar refractivity (Wildman–Crippen MR) is 93.6 cm³/mol. The molecule has 1 aromatic carbocycles. The summed E-state index contributed by atoms with van der Waals surface area (Å²) >= 11 is 5.80. The van der Waals surface area contributed by atoms with Gasteiger partial charge in [0.15, 0.2) is 5.82 Å². The van der Waals surface area contributed by atoms with E-state index in [2.05, 4.69) is 55.6 Å². The lowest BCUT2D eigenvalue weighted by Gasteiger charge is -2.33. The van der Waals surface area contributed by atoms with Crippen molar-refractivity contribution in [3.05, 3.63) is 32.1 Å². The van der Waals surface area contributed by atoms with Crippen LogP contribution in [0.4, 0.5) is 0 Å². The van der Waals surface area contributed by atoms with E-state index in [1.165, 1.54) is 6.42 Å². The quantitative estimate of drug-likeness (QED) is 0.670. The van der Waals surface area contributed by atoms with Crippen molar-refractivity contribution in [3.8, 4) is 11.5 Å². The number of aromatic nitrogens is 2. The van der Waals surface area contributed by atoms with Gasteiger partial charge in [-0.25, -0.2) is 0 Å². The van der Waals surface area contributed by atoms with Crippen LogP contribution in [-0.2, 0) is 5.54 Å². The minimum atomic E-state index is -0.451. The summed E-state index contributed by atoms with van der Waals surface area (Å²) in [7, 11) is 0. The lowest BCUT2D eigenvalue weighted by atomic mass is 9.76. The Morgan fingerprint density at radius 2 is 2.29 bits per heavy atom. The van der Waals surface area contributed by atoms with Crippen LogP contribution in [0, 0.1) is 9.49 Å². The Morgan fingerprint density at radius 3 is 3.05 bits per heavy atom. The van der Waals surface area contributed by atoms with Gasteiger partial charge in [0.1, 0.15) is 0 Å². The van der Waals surface area contributed by atoms with E-state index in [1.807, 2.05) is 18.2 Å². The number of rotatable bonds is 2. The minimum absolute atomic E-state index is 0.451. The highest BCUT2D eigenvalue weighted by molar-refractivity contribution is 14.1. The van der Waals surface area contributed by atoms with Crippen molar-refractivity contribution in [2.24, 2.45) is 11.7 Å². The van der Waals surface area contributed by atoms with E-state index in [0.29, 0.717) is 17.6 Å². The SMILES string of the molecule is CC1CCCC(N)(c2noc(-c3cc(I)ccc3Br)n2)C1. The Kier molecular flexibility index (Phi) is 4.38. The molecular formula is C15H17BrIN3O. The molecule has 1 saturated carbocycles. The summed E-state index contributed by atoms with van der Waals surface area (Å²) < 4.78 is 7.54. The third kappa shape index (κ3) is 3.17. The first-order chi connectivity index (χ1) is 9.98. The molecule has 1 aliphatic carbocycles. The van der Waals surface area contributed by atoms with Crippen LogP contribution < -0.4 is 5.73 Å². The van der Waals surface area contributed by atoms with Gasteiger partial charge in [-0.1, -0.05) is 24.9 Å². The number of halogens is 2. The first-order valence-corrected chi connectivity index (χ1v) is 8.93. The summed E-state index contributed by atoms with van der Waals surface area (Å²) in [5.74, 6) is 1.77. The normalized spacial score (nSPS) is 26.0. The lowest BCUT2D eigenvalue weighted by Crippen LogP contribution is -2.42. The molecule has 2 unspecified atom stereocenters. The minimum Gasteiger partial charge on any atom is -0.334 e. The van der Waals surface area contributed by atoms with Crippen molar-refractivity contribution in [1.29, 1.82) is 0 Å². The first kappa shape index (κ1) is 15.4. The Morgan fingerprint density at radius 1 is 1.48 bits per heavy atom. The van der Waals surface area contributed by atoms with Gasteiger partial charge < -0.3 is 10.3 Å². The molecule has 112 valence electrons. The van der Waals surface area contributed by atoms with Gasteiger partial charge in [-0.15, -0.1) is 0 Å². The van der Waals surface area contributed by atoms with Crippen LogP contribution in [0.25, 0.3) is 11.5 Å². The molecule has 21 heavy (non-hydrogen) atoms. The van der Waals surface area contributed by atoms with Gasteiger partial charge in [0, 0.05) is 8.04 Å². The van der Waals surface area contributed by atoms with Crippen molar-refractivity contribution >= 4 is 38.5 Å². The Balaban J connectivity index is 1.94. The fourth-order valence-corrected chi connectivity index (χ4v) is 3.90. The molecule has 4 nitrogen and oxygen atoms in total. The predicted octanol–water partition coefficient (Wildman–Crippen LogP) is 4.47. The third-order valence-corrected chi connectivity index (χ3v) is 5.43. The maximum absolute atomic E-state index is 6.53. The van der Waals surface area contributed by atoms with Gasteiger partial charge in [0.05, 0.1) is 11.1 Å². The molecule has 6 heteroatoms. The van der Waals surface area contributed by atoms with Crippen LogP contribution in [0.3, 0.4) is 0 Å². The van der Waals surface area contributed by atoms with Gasteiger partial charge in [-0.2, -0.15) is 4.98 Å². The van der Waals surface area contributed by atoms with Crippen LogP contribution >= 0.6 is 38.5 Å². The van der Waals surface area contributed by atoms with E-state index in [0.717, 1.165) is 32.9 Å². The highest BCUT2D eigenvalue weighted by atomic mass is 127. The van der Waals surface area contributed by atoms with E-state index in [9.17, 15) is 0 Å². The molecule has 3 rings (SSSR count). The molecule has 0 amide bonds. The van der Waals surface area contributed by atoms with Crippen molar-refractivity contribution < 1.29 is 4.52 Å². The van der Waals surface area contributed by atoms with Crippen molar-refractivity contribution in [2.75, 3.05) is 0 Å². The summed E-state index contributed by atoms with van der Waals surface area (Å²) in [4.78, 5) is 4.58. The maximum atomic E-state index is 6.53. The van der Waals surface area contributed by atoms with Gasteiger partial charge in [0.25, 0.3) is 5.89 Å². The molecule has 2 atom stereocenters. The first-order valence-electron chi connectivity index (χ1n) is 7.06. The zero-order valence-corrected chi connectivity index (χ0v) is 15.5. The summed E-state index contributed by atoms with van der Waals surface area (Å²) in [6, 6.07) is 6.04. The second-order valence-electron chi connectivity index (χ2n) is 5.90. The lowest BCUT2D eigenvalue weighted by molar-refractivity contribution is 0.222. The maximum Gasteiger partial charge on any atom is 0.259 e. The smallest absolute Gasteiger partial charge is 0.259 e. The van der Waals surface area contributed by atoms with Crippen molar-refractivity contribution in [1.82, 2.24) is 10.1 Å². The number of benzene rings is 1. The summed E-state index contributed by atoms with van der Waals surface area (Å²) in [5.41, 5.74) is 6.99. The highest BCUT2D eigenvalue weighted by Crippen LogP contribution is 2.37. The summed E-state index contributed by atoms with van der Waals surface area (Å²) in [5, 5.41) is 4.16. The van der Waals surface area contributed by atoms with Crippen LogP contribution in [0.15, 0.2) is 27.2 Å². The Bertz CT molecular complexity index is 660. The average molecular weight is 462 g/mol. The number of hydrogen-bond acceptors (Lipinski definition) is 4. The van der Waals surface area contributed by atoms with Gasteiger partial charge in [-0.05, 0) is 75.5 Å². The number of hydrogen-bond donors (Lipinski definition) is 1. The summed E-state index contributed by atoms with van der Waals surface area (Å²) in [6.45, 7) is 2.23. The average Bonchev–Trinajstić information content (AvgIpc) is 2.91. The van der Waals surface area contributed by atoms with Gasteiger partial charge in [0.2, 0.25) is 0 Å². The number of nitrogens with two attached hydrogens (primary N) is 1. The standard InChI is InChI=1S/C15H17BrIN3O/c1-9-3-2-6-15(18,8-9)14-19-13(21-20-14)11-7-10(17)4-5-12(11)16/h4-5,7,9H,2-3,6,8,18H2,1H3. The largest absolute Gasteiger partial charge is 0.334 e. The molecule has 0 spiro atoms. The molecular weight excluding hydrogens is 445 g/mol. The van der Waals surface area contributed by atoms with Crippen LogP contribution in [0.5, 0.6) is 0 Å². The molecule has 2 N–H and O–H groups in total. The zero-order chi connectivity index (χ0) is 15.0. The molecule has 0 saturated heterocycles. The fraction of sp³-hybridized carbons (Fsp3) is 0.467. The molecule has 0 aliphatic heterocycles. The summed E-state index contributed by atoms with van der Waals surface area (Å²) in [6.07, 6.45) is 4.18. The van der Waals surface area contributed by atoms with Crippen LogP contribution in [0.2, 0.25) is 0 Å². The molecule has 1 heterocycles. The van der Waals surface area contributed by atoms with Crippen LogP contribution in [-0.4, -0.2) is 10.1 Å². The molecule has 1 aromatic heterocycles. The van der Waals surface area contributed by atoms with E-state index < -0.39 is 5.54 Å². The molecule has 1 fully saturated rings.